The van der Waals surface area contributed by atoms with Crippen LogP contribution in [0, 0.1) is 0 Å². The summed E-state index contributed by atoms with van der Waals surface area (Å²) in [6.45, 7) is 0. The van der Waals surface area contributed by atoms with Gasteiger partial charge in [-0.05, 0) is 101 Å². The van der Waals surface area contributed by atoms with Gasteiger partial charge in [0, 0.05) is 47.6 Å². The average Bonchev–Trinajstić information content (AvgIpc) is 3.91. The molecule has 0 atom stereocenters. The van der Waals surface area contributed by atoms with Crippen LogP contribution in [0.25, 0.3) is 104 Å². The summed E-state index contributed by atoms with van der Waals surface area (Å²) < 4.78 is 6.36. The van der Waals surface area contributed by atoms with Gasteiger partial charge >= 0.3 is 0 Å². The second kappa shape index (κ2) is 11.9. The lowest BCUT2D eigenvalue weighted by molar-refractivity contribution is 1.01. The smallest absolute Gasteiger partial charge is 0.0637 e. The number of benzene rings is 8. The van der Waals surface area contributed by atoms with Gasteiger partial charge in [0.25, 0.3) is 0 Å². The molecule has 0 radical (unpaired) electrons. The molecule has 1 aliphatic rings. The van der Waals surface area contributed by atoms with Crippen LogP contribution in [0.3, 0.4) is 0 Å². The van der Waals surface area contributed by atoms with Crippen LogP contribution in [0.15, 0.2) is 176 Å². The minimum atomic E-state index is 1.06. The summed E-state index contributed by atoms with van der Waals surface area (Å²) in [6, 6.07) is 62.8. The molecule has 2 nitrogen and oxygen atoms in total. The monoisotopic (exact) mass is 718 g/mol. The Morgan fingerprint density at radius 1 is 0.473 bits per heavy atom. The molecule has 3 heteroatoms. The first-order valence-electron chi connectivity index (χ1n) is 19.2. The van der Waals surface area contributed by atoms with Gasteiger partial charge in [-0.2, -0.15) is 0 Å². The Morgan fingerprint density at radius 3 is 2.07 bits per heavy atom. The zero-order chi connectivity index (χ0) is 36.0. The number of rotatable bonds is 4. The average molecular weight is 719 g/mol. The number of nitrogens with zero attached hydrogens (tertiary/aromatic N) is 2. The van der Waals surface area contributed by atoms with Gasteiger partial charge in [0.1, 0.15) is 0 Å². The Bertz CT molecular complexity index is 3370. The van der Waals surface area contributed by atoms with Crippen LogP contribution < -0.4 is 0 Å². The molecule has 11 aromatic rings. The van der Waals surface area contributed by atoms with Gasteiger partial charge in [-0.15, -0.1) is 11.3 Å². The molecule has 0 N–H and O–H groups in total. The van der Waals surface area contributed by atoms with Crippen molar-refractivity contribution in [2.45, 2.75) is 12.8 Å². The summed E-state index contributed by atoms with van der Waals surface area (Å²) in [7, 11) is 0. The van der Waals surface area contributed by atoms with Crippen LogP contribution in [-0.4, -0.2) is 9.13 Å². The molecule has 258 valence electrons. The van der Waals surface area contributed by atoms with Crippen molar-refractivity contribution in [2.75, 3.05) is 0 Å². The van der Waals surface area contributed by atoms with E-state index in [1.165, 1.54) is 109 Å². The highest BCUT2D eigenvalue weighted by Gasteiger charge is 2.25. The van der Waals surface area contributed by atoms with Crippen molar-refractivity contribution >= 4 is 81.9 Å². The van der Waals surface area contributed by atoms with Crippen molar-refractivity contribution in [1.82, 2.24) is 9.13 Å². The molecule has 3 heterocycles. The van der Waals surface area contributed by atoms with Gasteiger partial charge in [-0.1, -0.05) is 127 Å². The van der Waals surface area contributed by atoms with Crippen molar-refractivity contribution in [1.29, 1.82) is 0 Å². The van der Waals surface area contributed by atoms with Crippen LogP contribution in [-0.2, 0) is 6.42 Å². The van der Waals surface area contributed by atoms with Crippen LogP contribution in [0.1, 0.15) is 16.9 Å². The van der Waals surface area contributed by atoms with E-state index in [-0.39, 0.29) is 0 Å². The third kappa shape index (κ3) is 4.54. The molecule has 0 spiro atoms. The highest BCUT2D eigenvalue weighted by atomic mass is 32.1. The second-order valence-electron chi connectivity index (χ2n) is 14.8. The third-order valence-corrected chi connectivity index (χ3v) is 12.9. The number of allylic oxidation sites excluding steroid dienone is 1. The number of aryl methyl sites for hydroxylation is 1. The predicted octanol–water partition coefficient (Wildman–Crippen LogP) is 14.5. The summed E-state index contributed by atoms with van der Waals surface area (Å²) >= 11 is 1.94. The van der Waals surface area contributed by atoms with Crippen LogP contribution >= 0.6 is 11.3 Å². The van der Waals surface area contributed by atoms with Gasteiger partial charge < -0.3 is 9.13 Å². The van der Waals surface area contributed by atoms with E-state index in [0.29, 0.717) is 0 Å². The predicted molar refractivity (Wildman–Crippen MR) is 236 cm³/mol. The molecule has 55 heavy (non-hydrogen) atoms. The number of para-hydroxylation sites is 2. The molecule has 0 saturated carbocycles. The van der Waals surface area contributed by atoms with E-state index in [2.05, 4.69) is 191 Å². The van der Waals surface area contributed by atoms with Crippen molar-refractivity contribution < 1.29 is 0 Å². The highest BCUT2D eigenvalue weighted by Crippen LogP contribution is 2.49. The van der Waals surface area contributed by atoms with Crippen LogP contribution in [0.2, 0.25) is 0 Å². The molecule has 0 fully saturated rings. The summed E-state index contributed by atoms with van der Waals surface area (Å²) in [5.74, 6) is 0. The molecule has 0 bridgehead atoms. The van der Waals surface area contributed by atoms with Gasteiger partial charge in [0.05, 0.1) is 27.8 Å². The lowest BCUT2D eigenvalue weighted by Crippen LogP contribution is -1.97. The molecule has 0 saturated heterocycles. The van der Waals surface area contributed by atoms with E-state index in [9.17, 15) is 0 Å². The maximum Gasteiger partial charge on any atom is 0.0637 e. The first kappa shape index (κ1) is 30.7. The van der Waals surface area contributed by atoms with E-state index < -0.39 is 0 Å². The molecular weight excluding hydrogens is 685 g/mol. The molecule has 8 aromatic carbocycles. The van der Waals surface area contributed by atoms with Crippen molar-refractivity contribution in [3.63, 3.8) is 0 Å². The largest absolute Gasteiger partial charge is 0.309 e. The van der Waals surface area contributed by atoms with E-state index in [4.69, 9.17) is 0 Å². The fourth-order valence-corrected chi connectivity index (χ4v) is 10.6. The lowest BCUT2D eigenvalue weighted by Gasteiger charge is -2.14. The molecule has 12 rings (SSSR count). The van der Waals surface area contributed by atoms with E-state index in [0.717, 1.165) is 12.8 Å². The number of hydrogen-bond donors (Lipinski definition) is 0. The van der Waals surface area contributed by atoms with Crippen molar-refractivity contribution in [2.24, 2.45) is 0 Å². The molecule has 0 unspecified atom stereocenters. The molecule has 0 amide bonds. The topological polar surface area (TPSA) is 9.86 Å². The number of fused-ring (bicyclic) bond motifs is 11. The van der Waals surface area contributed by atoms with E-state index in [1.54, 1.807) is 0 Å². The summed E-state index contributed by atoms with van der Waals surface area (Å²) in [6.07, 6.45) is 6.83. The third-order valence-electron chi connectivity index (χ3n) is 11.8. The van der Waals surface area contributed by atoms with Crippen molar-refractivity contribution in [3.8, 4) is 33.6 Å². The standard InChI is InChI=1S/C52H34N2S/c1-2-14-33(15-3-1)35-18-12-19-37(30-35)53-46-25-10-7-22-40(46)50-42(32-49-51(52(50)53)41-23-8-11-27-48(41)55-49)36-28-29-47-43(31-36)39-21-6-9-24-45(39)54(47)44-26-13-17-34-16-4-5-20-38(34)44/h1-7,9-22,24-32H,8,23H2. The normalized spacial score (nSPS) is 12.9. The second-order valence-corrected chi connectivity index (χ2v) is 15.8. The van der Waals surface area contributed by atoms with Gasteiger partial charge in [0.2, 0.25) is 0 Å². The SMILES string of the molecule is C1=Cc2sc3cc(-c4ccc5c(c4)c4ccccc4n5-c4cccc5ccccc45)c4c5ccccc5n(-c5cccc(-c6ccccc6)c5)c4c3c2CC1. The fraction of sp³-hybridized carbons (Fsp3) is 0.0385. The van der Waals surface area contributed by atoms with Crippen LogP contribution in [0.5, 0.6) is 0 Å². The Balaban J connectivity index is 1.18. The lowest BCUT2D eigenvalue weighted by atomic mass is 9.93. The van der Waals surface area contributed by atoms with Crippen LogP contribution in [0.4, 0.5) is 0 Å². The first-order valence-corrected chi connectivity index (χ1v) is 20.0. The highest BCUT2D eigenvalue weighted by molar-refractivity contribution is 7.20. The number of hydrogen-bond acceptors (Lipinski definition) is 1. The molecule has 1 aliphatic carbocycles. The zero-order valence-corrected chi connectivity index (χ0v) is 30.9. The minimum absolute atomic E-state index is 1.06. The van der Waals surface area contributed by atoms with Gasteiger partial charge in [-0.3, -0.25) is 0 Å². The molecular formula is C52H34N2S. The maximum atomic E-state index is 2.55. The Labute approximate surface area is 322 Å². The number of thiophene rings is 1. The first-order chi connectivity index (χ1) is 27.3. The zero-order valence-electron chi connectivity index (χ0n) is 30.0. The van der Waals surface area contributed by atoms with Crippen molar-refractivity contribution in [3.05, 3.63) is 186 Å². The summed E-state index contributed by atoms with van der Waals surface area (Å²) in [5.41, 5.74) is 13.8. The summed E-state index contributed by atoms with van der Waals surface area (Å²) in [5, 5.41) is 9.03. The molecule has 0 aliphatic heterocycles. The Morgan fingerprint density at radius 2 is 1.18 bits per heavy atom. The van der Waals surface area contributed by atoms with E-state index in [1.807, 2.05) is 11.3 Å². The fourth-order valence-electron chi connectivity index (χ4n) is 9.37. The Hall–Kier alpha value is -6.68. The minimum Gasteiger partial charge on any atom is -0.309 e. The summed E-state index contributed by atoms with van der Waals surface area (Å²) in [4.78, 5) is 1.39. The van der Waals surface area contributed by atoms with Gasteiger partial charge in [0.15, 0.2) is 0 Å². The Kier molecular flexibility index (Phi) is 6.66. The number of aromatic nitrogens is 2. The van der Waals surface area contributed by atoms with E-state index >= 15 is 0 Å². The molecule has 3 aromatic heterocycles. The quantitative estimate of drug-likeness (QED) is 0.171. The maximum absolute atomic E-state index is 2.55. The van der Waals surface area contributed by atoms with Gasteiger partial charge in [-0.25, -0.2) is 0 Å².